The number of hydrogen-bond donors (Lipinski definition) is 8. The van der Waals surface area contributed by atoms with Gasteiger partial charge >= 0.3 is 0 Å². The zero-order chi connectivity index (χ0) is 30.0. The van der Waals surface area contributed by atoms with Crippen LogP contribution in [0.4, 0.5) is 0 Å². The van der Waals surface area contributed by atoms with E-state index in [0.717, 1.165) is 57.8 Å². The normalized spacial score (nSPS) is 36.0. The van der Waals surface area contributed by atoms with Crippen molar-refractivity contribution >= 4 is 5.91 Å². The van der Waals surface area contributed by atoms with Gasteiger partial charge in [0.1, 0.15) is 48.8 Å². The lowest BCUT2D eigenvalue weighted by molar-refractivity contribution is -0.374. The molecule has 0 aromatic heterocycles. The number of nitrogens with one attached hydrogen (secondary N) is 1. The molecule has 14 nitrogen and oxygen atoms in total. The van der Waals surface area contributed by atoms with Gasteiger partial charge in [-0.2, -0.15) is 10.2 Å². The molecule has 10 atom stereocenters. The molecule has 0 bridgehead atoms. The molecule has 0 saturated carbocycles. The minimum Gasteiger partial charge on any atom is -0.394 e. The molecule has 0 radical (unpaired) electrons. The number of unbranched alkanes of at least 4 members (excludes halogenated alkanes) is 6. The molecule has 0 aromatic carbocycles. The zero-order valence-corrected chi connectivity index (χ0v) is 23.2. The van der Waals surface area contributed by atoms with Crippen molar-refractivity contribution in [3.05, 3.63) is 0 Å². The first kappa shape index (κ1) is 33.7. The van der Waals surface area contributed by atoms with E-state index < -0.39 is 68.0 Å². The molecule has 3 heterocycles. The van der Waals surface area contributed by atoms with Gasteiger partial charge in [-0.05, 0) is 32.1 Å². The molecule has 0 spiro atoms. The lowest BCUT2D eigenvalue weighted by Crippen LogP contribution is -2.64. The molecule has 2 saturated heterocycles. The fourth-order valence-electron chi connectivity index (χ4n) is 5.08. The predicted octanol–water partition coefficient (Wildman–Crippen LogP) is -1.19. The lowest BCUT2D eigenvalue weighted by Gasteiger charge is -2.44. The van der Waals surface area contributed by atoms with Crippen molar-refractivity contribution in [3.8, 4) is 12.3 Å². The summed E-state index contributed by atoms with van der Waals surface area (Å²) in [6.07, 6.45) is -0.855. The van der Waals surface area contributed by atoms with Crippen molar-refractivity contribution in [2.45, 2.75) is 138 Å². The van der Waals surface area contributed by atoms with Crippen LogP contribution in [0.5, 0.6) is 0 Å². The van der Waals surface area contributed by atoms with Gasteiger partial charge in [0.25, 0.3) is 0 Å². The van der Waals surface area contributed by atoms with E-state index >= 15 is 0 Å². The van der Waals surface area contributed by atoms with Gasteiger partial charge in [0.05, 0.1) is 6.61 Å². The van der Waals surface area contributed by atoms with Gasteiger partial charge in [0.2, 0.25) is 5.91 Å². The highest BCUT2D eigenvalue weighted by Gasteiger charge is 2.49. The summed E-state index contributed by atoms with van der Waals surface area (Å²) in [5.41, 5.74) is -0.190. The van der Waals surface area contributed by atoms with Crippen molar-refractivity contribution in [2.75, 3.05) is 13.2 Å². The highest BCUT2D eigenvalue weighted by Crippen LogP contribution is 2.38. The first-order valence-electron chi connectivity index (χ1n) is 14.4. The second kappa shape index (κ2) is 16.2. The Morgan fingerprint density at radius 3 is 1.90 bits per heavy atom. The summed E-state index contributed by atoms with van der Waals surface area (Å²) in [5, 5.41) is 81.3. The fourth-order valence-corrected chi connectivity index (χ4v) is 5.08. The first-order chi connectivity index (χ1) is 19.6. The molecular formula is C27H45N3O11. The standard InChI is InChI=1S/C27H45N3O11/c1-2-3-9-12-27(29-30-27)13-10-7-5-4-6-8-11-18(32)28-14-16-19(33)21(35)23(37)25(39-16)41-26-24(38)22(36)20(34)17(15-31)40-26/h1,16-17,19-26,31,33-38H,3-15H2,(H,28,32)/t16-,17-,19-,20-,21+,22+,23-,24-,25-,26-/m1/s1. The van der Waals surface area contributed by atoms with E-state index in [0.29, 0.717) is 6.42 Å². The molecule has 0 aliphatic carbocycles. The van der Waals surface area contributed by atoms with Gasteiger partial charge in [-0.15, -0.1) is 12.3 Å². The van der Waals surface area contributed by atoms with E-state index in [1.165, 1.54) is 0 Å². The van der Waals surface area contributed by atoms with Crippen molar-refractivity contribution in [1.82, 2.24) is 5.32 Å². The topological polar surface area (TPSA) is 223 Å². The van der Waals surface area contributed by atoms with Crippen molar-refractivity contribution in [3.63, 3.8) is 0 Å². The highest BCUT2D eigenvalue weighted by molar-refractivity contribution is 5.75. The Kier molecular flexibility index (Phi) is 13.3. The van der Waals surface area contributed by atoms with E-state index in [1.807, 2.05) is 0 Å². The van der Waals surface area contributed by atoms with Crippen LogP contribution in [0, 0.1) is 12.3 Å². The Hall–Kier alpha value is -1.77. The van der Waals surface area contributed by atoms with Gasteiger partial charge in [0.15, 0.2) is 18.2 Å². The second-order valence-electron chi connectivity index (χ2n) is 11.0. The average Bonchev–Trinajstić information content (AvgIpc) is 3.73. The summed E-state index contributed by atoms with van der Waals surface area (Å²) in [4.78, 5) is 12.3. The Morgan fingerprint density at radius 2 is 1.32 bits per heavy atom. The minimum atomic E-state index is -1.75. The lowest BCUT2D eigenvalue weighted by atomic mass is 9.97. The summed E-state index contributed by atoms with van der Waals surface area (Å²) < 4.78 is 16.2. The SMILES string of the molecule is C#CCCCC1(CCCCCCCCC(=O)NC[C@H]2O[C@H](O[C@H]3O[C@H](CO)[C@@H](O)[C@H](O)[C@H]3O)[C@H](O)[C@@H](O)[C@@H]2O)N=N1. The van der Waals surface area contributed by atoms with Crippen molar-refractivity contribution in [1.29, 1.82) is 0 Å². The van der Waals surface area contributed by atoms with Gasteiger partial charge in [0, 0.05) is 19.4 Å². The molecule has 3 aliphatic heterocycles. The first-order valence-corrected chi connectivity index (χ1v) is 14.4. The van der Waals surface area contributed by atoms with E-state index in [2.05, 4.69) is 21.5 Å². The highest BCUT2D eigenvalue weighted by atomic mass is 16.8. The maximum Gasteiger partial charge on any atom is 0.220 e. The molecule has 1 amide bonds. The minimum absolute atomic E-state index is 0.183. The van der Waals surface area contributed by atoms with E-state index in [9.17, 15) is 40.5 Å². The third kappa shape index (κ3) is 9.62. The number of aliphatic hydroxyl groups is 7. The van der Waals surface area contributed by atoms with Crippen LogP contribution in [-0.2, 0) is 19.0 Å². The number of ether oxygens (including phenoxy) is 3. The van der Waals surface area contributed by atoms with Crippen LogP contribution in [0.1, 0.15) is 70.6 Å². The van der Waals surface area contributed by atoms with Crippen LogP contribution in [-0.4, -0.2) is 122 Å². The smallest absolute Gasteiger partial charge is 0.220 e. The van der Waals surface area contributed by atoms with Crippen molar-refractivity contribution < 1.29 is 54.8 Å². The number of terminal acetylenes is 1. The van der Waals surface area contributed by atoms with Crippen molar-refractivity contribution in [2.24, 2.45) is 10.2 Å². The number of nitrogens with zero attached hydrogens (tertiary/aromatic N) is 2. The largest absolute Gasteiger partial charge is 0.394 e. The summed E-state index contributed by atoms with van der Waals surface area (Å²) in [6, 6.07) is 0. The third-order valence-corrected chi connectivity index (χ3v) is 7.80. The Labute approximate surface area is 239 Å². The number of carbonyl (C=O) groups excluding carboxylic acids is 1. The third-order valence-electron chi connectivity index (χ3n) is 7.80. The maximum atomic E-state index is 12.3. The molecule has 234 valence electrons. The summed E-state index contributed by atoms with van der Waals surface area (Å²) in [7, 11) is 0. The van der Waals surface area contributed by atoms with Crippen LogP contribution in [0.2, 0.25) is 0 Å². The van der Waals surface area contributed by atoms with Crippen LogP contribution in [0.25, 0.3) is 0 Å². The maximum absolute atomic E-state index is 12.3. The molecule has 0 unspecified atom stereocenters. The van der Waals surface area contributed by atoms with Crippen LogP contribution >= 0.6 is 0 Å². The van der Waals surface area contributed by atoms with Crippen LogP contribution < -0.4 is 5.32 Å². The molecule has 8 N–H and O–H groups in total. The Bertz CT molecular complexity index is 879. The van der Waals surface area contributed by atoms with Crippen LogP contribution in [0.15, 0.2) is 10.2 Å². The summed E-state index contributed by atoms with van der Waals surface area (Å²) >= 11 is 0. The Morgan fingerprint density at radius 1 is 0.780 bits per heavy atom. The number of aliphatic hydroxyl groups excluding tert-OH is 7. The fraction of sp³-hybridized carbons (Fsp3) is 0.889. The molecule has 41 heavy (non-hydrogen) atoms. The van der Waals surface area contributed by atoms with Gasteiger partial charge in [-0.25, -0.2) is 0 Å². The molecule has 3 aliphatic rings. The summed E-state index contributed by atoms with van der Waals surface area (Å²) in [6.45, 7) is -0.867. The zero-order valence-electron chi connectivity index (χ0n) is 23.2. The van der Waals surface area contributed by atoms with Gasteiger partial charge in [-0.1, -0.05) is 25.7 Å². The average molecular weight is 588 g/mol. The predicted molar refractivity (Wildman–Crippen MR) is 142 cm³/mol. The molecule has 2 fully saturated rings. The number of hydrogen-bond acceptors (Lipinski definition) is 13. The van der Waals surface area contributed by atoms with Gasteiger partial charge < -0.3 is 55.3 Å². The van der Waals surface area contributed by atoms with E-state index in [1.54, 1.807) is 0 Å². The number of rotatable bonds is 17. The van der Waals surface area contributed by atoms with Gasteiger partial charge in [-0.3, -0.25) is 4.79 Å². The van der Waals surface area contributed by atoms with Crippen LogP contribution in [0.3, 0.4) is 0 Å². The number of amides is 1. The second-order valence-corrected chi connectivity index (χ2v) is 11.0. The molecule has 3 rings (SSSR count). The molecular weight excluding hydrogens is 542 g/mol. The molecule has 0 aromatic rings. The van der Waals surface area contributed by atoms with E-state index in [4.69, 9.17) is 20.6 Å². The quantitative estimate of drug-likeness (QED) is 0.0746. The Balaban J connectivity index is 1.31. The molecule has 14 heteroatoms. The van der Waals surface area contributed by atoms with E-state index in [-0.39, 0.29) is 24.5 Å². The summed E-state index contributed by atoms with van der Waals surface area (Å²) in [5.74, 6) is 2.37. The monoisotopic (exact) mass is 587 g/mol. The number of carbonyl (C=O) groups is 1.